The Kier molecular flexibility index (Phi) is 7.83. The van der Waals surface area contributed by atoms with Crippen molar-refractivity contribution in [3.8, 4) is 22.3 Å². The number of fused-ring (bicyclic) bond motifs is 12. The first-order valence-electron chi connectivity index (χ1n) is 22.1. The molecule has 1 aliphatic rings. The summed E-state index contributed by atoms with van der Waals surface area (Å²) in [5.74, 6) is 0. The molecule has 0 amide bonds. The molecule has 0 saturated carbocycles. The summed E-state index contributed by atoms with van der Waals surface area (Å²) >= 11 is 0. The number of rotatable bonds is 6. The highest BCUT2D eigenvalue weighted by Crippen LogP contribution is 2.53. The van der Waals surface area contributed by atoms with E-state index in [1.165, 1.54) is 54.9 Å². The van der Waals surface area contributed by atoms with Crippen LogP contribution in [0.25, 0.3) is 87.7 Å². The number of hydrogen-bond acceptors (Lipinski definition) is 4. The number of aryl methyl sites for hydroxylation is 4. The molecular formula is C60H42N2O2. The third-order valence-corrected chi connectivity index (χ3v) is 13.6. The zero-order chi connectivity index (χ0) is 42.8. The van der Waals surface area contributed by atoms with Crippen LogP contribution in [0.4, 0.5) is 34.1 Å². The Morgan fingerprint density at radius 2 is 0.703 bits per heavy atom. The second kappa shape index (κ2) is 13.7. The molecule has 12 aromatic rings. The van der Waals surface area contributed by atoms with Crippen LogP contribution in [0.5, 0.6) is 0 Å². The summed E-state index contributed by atoms with van der Waals surface area (Å²) in [5.41, 5.74) is 20.0. The summed E-state index contributed by atoms with van der Waals surface area (Å²) in [4.78, 5) is 4.79. The first-order chi connectivity index (χ1) is 31.4. The first kappa shape index (κ1) is 36.6. The zero-order valence-electron chi connectivity index (χ0n) is 36.0. The van der Waals surface area contributed by atoms with E-state index in [9.17, 15) is 0 Å². The van der Waals surface area contributed by atoms with Gasteiger partial charge >= 0.3 is 0 Å². The molecule has 0 N–H and O–H groups in total. The monoisotopic (exact) mass is 822 g/mol. The normalized spacial score (nSPS) is 12.1. The number of hydrogen-bond donors (Lipinski definition) is 0. The van der Waals surface area contributed by atoms with Crippen molar-refractivity contribution in [2.45, 2.75) is 27.7 Å². The van der Waals surface area contributed by atoms with Gasteiger partial charge in [-0.25, -0.2) is 0 Å². The van der Waals surface area contributed by atoms with Crippen LogP contribution >= 0.6 is 0 Å². The van der Waals surface area contributed by atoms with E-state index >= 15 is 0 Å². The maximum Gasteiger partial charge on any atom is 0.159 e. The van der Waals surface area contributed by atoms with Gasteiger partial charge in [-0.2, -0.15) is 0 Å². The van der Waals surface area contributed by atoms with E-state index in [1.807, 2.05) is 12.1 Å². The maximum absolute atomic E-state index is 6.70. The van der Waals surface area contributed by atoms with Crippen LogP contribution < -0.4 is 9.80 Å². The van der Waals surface area contributed by atoms with Crippen molar-refractivity contribution in [1.82, 2.24) is 0 Å². The average molecular weight is 823 g/mol. The van der Waals surface area contributed by atoms with Crippen molar-refractivity contribution >= 4 is 99.5 Å². The van der Waals surface area contributed by atoms with E-state index in [0.29, 0.717) is 0 Å². The zero-order valence-corrected chi connectivity index (χ0v) is 36.0. The van der Waals surface area contributed by atoms with Gasteiger partial charge in [0.25, 0.3) is 0 Å². The lowest BCUT2D eigenvalue weighted by molar-refractivity contribution is 0.668. The van der Waals surface area contributed by atoms with Gasteiger partial charge in [-0.15, -0.1) is 0 Å². The van der Waals surface area contributed by atoms with E-state index < -0.39 is 0 Å². The quantitative estimate of drug-likeness (QED) is 0.167. The van der Waals surface area contributed by atoms with E-state index in [0.717, 1.165) is 89.1 Å². The SMILES string of the molecule is Cc1ccccc1N(c1ccc2cc3c(cc2c1)-c1cc2cc(N(c4ccccc4C)c4c(C)ccc5c4oc4ccccc45)ccc2cc1-3)c1c(C)ccc2c1oc1ccccc12. The van der Waals surface area contributed by atoms with Gasteiger partial charge in [-0.05, 0) is 167 Å². The van der Waals surface area contributed by atoms with Gasteiger partial charge in [0.05, 0.1) is 11.4 Å². The highest BCUT2D eigenvalue weighted by molar-refractivity contribution is 6.15. The fraction of sp³-hybridized carbons (Fsp3) is 0.0667. The minimum Gasteiger partial charge on any atom is -0.454 e. The largest absolute Gasteiger partial charge is 0.454 e. The lowest BCUT2D eigenvalue weighted by atomic mass is 9.78. The molecule has 4 nitrogen and oxygen atoms in total. The molecule has 2 heterocycles. The summed E-state index contributed by atoms with van der Waals surface area (Å²) < 4.78 is 13.4. The first-order valence-corrected chi connectivity index (χ1v) is 22.1. The highest BCUT2D eigenvalue weighted by atomic mass is 16.3. The summed E-state index contributed by atoms with van der Waals surface area (Å²) in [6.07, 6.45) is 0. The lowest BCUT2D eigenvalue weighted by Crippen LogP contribution is -2.13. The second-order valence-corrected chi connectivity index (χ2v) is 17.5. The molecular weight excluding hydrogens is 781 g/mol. The van der Waals surface area contributed by atoms with Crippen molar-refractivity contribution in [3.05, 3.63) is 204 Å². The van der Waals surface area contributed by atoms with Crippen LogP contribution in [0.15, 0.2) is 191 Å². The Morgan fingerprint density at radius 3 is 1.14 bits per heavy atom. The molecule has 1 aliphatic carbocycles. The van der Waals surface area contributed by atoms with Crippen LogP contribution in [0.3, 0.4) is 0 Å². The Labute approximate surface area is 370 Å². The van der Waals surface area contributed by atoms with Crippen LogP contribution in [-0.4, -0.2) is 0 Å². The van der Waals surface area contributed by atoms with Crippen molar-refractivity contribution in [3.63, 3.8) is 0 Å². The molecule has 0 radical (unpaired) electrons. The van der Waals surface area contributed by atoms with Gasteiger partial charge in [0.1, 0.15) is 11.2 Å². The minimum atomic E-state index is 0.895. The van der Waals surface area contributed by atoms with Crippen molar-refractivity contribution < 1.29 is 8.83 Å². The molecule has 4 heteroatoms. The fourth-order valence-electron chi connectivity index (χ4n) is 10.4. The Balaban J connectivity index is 0.952. The number of anilines is 6. The van der Waals surface area contributed by atoms with Gasteiger partial charge in [-0.1, -0.05) is 109 Å². The van der Waals surface area contributed by atoms with Gasteiger partial charge in [-0.3, -0.25) is 0 Å². The Morgan fingerprint density at radius 1 is 0.312 bits per heavy atom. The molecule has 0 aliphatic heterocycles. The molecule has 304 valence electrons. The smallest absolute Gasteiger partial charge is 0.159 e. The number of benzene rings is 10. The third kappa shape index (κ3) is 5.36. The predicted molar refractivity (Wildman–Crippen MR) is 269 cm³/mol. The molecule has 2 aromatic heterocycles. The fourth-order valence-corrected chi connectivity index (χ4v) is 10.4. The van der Waals surface area contributed by atoms with Crippen LogP contribution in [0, 0.1) is 27.7 Å². The van der Waals surface area contributed by atoms with Crippen molar-refractivity contribution in [2.75, 3.05) is 9.80 Å². The molecule has 0 fully saturated rings. The van der Waals surface area contributed by atoms with Crippen LogP contribution in [0.2, 0.25) is 0 Å². The van der Waals surface area contributed by atoms with Crippen LogP contribution in [0.1, 0.15) is 22.3 Å². The maximum atomic E-state index is 6.70. The third-order valence-electron chi connectivity index (χ3n) is 13.6. The molecule has 0 unspecified atom stereocenters. The van der Waals surface area contributed by atoms with Gasteiger partial charge in [0, 0.05) is 44.3 Å². The molecule has 0 bridgehead atoms. The summed E-state index contributed by atoms with van der Waals surface area (Å²) in [5, 5.41) is 9.32. The van der Waals surface area contributed by atoms with E-state index in [-0.39, 0.29) is 0 Å². The Hall–Kier alpha value is -8.08. The van der Waals surface area contributed by atoms with Crippen molar-refractivity contribution in [1.29, 1.82) is 0 Å². The van der Waals surface area contributed by atoms with Gasteiger partial charge in [0.15, 0.2) is 11.2 Å². The summed E-state index contributed by atoms with van der Waals surface area (Å²) in [6.45, 7) is 8.75. The molecule has 10 aromatic carbocycles. The summed E-state index contributed by atoms with van der Waals surface area (Å²) in [7, 11) is 0. The van der Waals surface area contributed by atoms with Crippen LogP contribution in [-0.2, 0) is 0 Å². The lowest BCUT2D eigenvalue weighted by Gasteiger charge is -2.30. The second-order valence-electron chi connectivity index (χ2n) is 17.5. The Bertz CT molecular complexity index is 3670. The highest BCUT2D eigenvalue weighted by Gasteiger charge is 2.28. The molecule has 64 heavy (non-hydrogen) atoms. The minimum absolute atomic E-state index is 0.895. The summed E-state index contributed by atoms with van der Waals surface area (Å²) in [6, 6.07) is 66.1. The topological polar surface area (TPSA) is 32.8 Å². The standard InChI is InChI=1S/C60H42N2O2/c1-35-13-5-9-17-53(35)61(57-37(3)21-27-47-45-15-7-11-19-55(45)63-59(47)57)43-25-23-39-31-49-50-32-40-24-26-44(30-42(40)34-52(50)51(49)33-41(39)29-43)62(54-18-10-6-14-36(54)2)58-38(4)22-28-48-46-16-8-12-20-56(46)64-60(48)58/h5-34H,1-4H3. The molecule has 0 saturated heterocycles. The van der Waals surface area contributed by atoms with Gasteiger partial charge in [0.2, 0.25) is 0 Å². The molecule has 0 spiro atoms. The van der Waals surface area contributed by atoms with Gasteiger partial charge < -0.3 is 18.6 Å². The van der Waals surface area contributed by atoms with E-state index in [2.05, 4.69) is 207 Å². The average Bonchev–Trinajstić information content (AvgIpc) is 3.89. The van der Waals surface area contributed by atoms with E-state index in [1.54, 1.807) is 0 Å². The number of nitrogens with zero attached hydrogens (tertiary/aromatic N) is 2. The number of para-hydroxylation sites is 4. The molecule has 0 atom stereocenters. The van der Waals surface area contributed by atoms with Crippen molar-refractivity contribution in [2.24, 2.45) is 0 Å². The molecule has 13 rings (SSSR count). The number of furan rings is 2. The van der Waals surface area contributed by atoms with E-state index in [4.69, 9.17) is 8.83 Å². The predicted octanol–water partition coefficient (Wildman–Crippen LogP) is 17.6.